The third-order valence-corrected chi connectivity index (χ3v) is 5.64. The van der Waals surface area contributed by atoms with Crippen molar-refractivity contribution in [3.8, 4) is 5.75 Å². The van der Waals surface area contributed by atoms with Gasteiger partial charge in [-0.1, -0.05) is 46.7 Å². The van der Waals surface area contributed by atoms with Gasteiger partial charge in [-0.05, 0) is 42.8 Å². The van der Waals surface area contributed by atoms with Crippen LogP contribution in [0.1, 0.15) is 16.1 Å². The van der Waals surface area contributed by atoms with Crippen molar-refractivity contribution >= 4 is 55.8 Å². The molecule has 6 nitrogen and oxygen atoms in total. The molecular weight excluding hydrogens is 419 g/mol. The Bertz CT molecular complexity index is 1170. The Hall–Kier alpha value is -2.61. The fourth-order valence-electron chi connectivity index (χ4n) is 2.53. The number of carbonyl (C=O) groups is 1. The van der Waals surface area contributed by atoms with E-state index < -0.39 is 0 Å². The molecule has 0 saturated carbocycles. The molecule has 0 spiro atoms. The largest absolute Gasteiger partial charge is 0.470 e. The molecule has 1 amide bonds. The van der Waals surface area contributed by atoms with E-state index in [4.69, 9.17) is 27.9 Å². The summed E-state index contributed by atoms with van der Waals surface area (Å²) in [4.78, 5) is 16.9. The number of carbonyl (C=O) groups excluding carboxylic acids is 1. The molecule has 4 aromatic rings. The maximum absolute atomic E-state index is 12.4. The van der Waals surface area contributed by atoms with Crippen LogP contribution in [0.3, 0.4) is 0 Å². The second-order valence-electron chi connectivity index (χ2n) is 6.01. The van der Waals surface area contributed by atoms with Gasteiger partial charge in [0, 0.05) is 6.20 Å². The Balaban J connectivity index is 1.42. The van der Waals surface area contributed by atoms with Crippen LogP contribution in [0, 0.1) is 6.92 Å². The number of aryl methyl sites for hydroxylation is 1. The molecule has 0 aliphatic carbocycles. The van der Waals surface area contributed by atoms with E-state index in [2.05, 4.69) is 15.4 Å². The van der Waals surface area contributed by atoms with Crippen LogP contribution in [-0.2, 0) is 6.73 Å². The lowest BCUT2D eigenvalue weighted by Crippen LogP contribution is -2.14. The van der Waals surface area contributed by atoms with E-state index in [1.54, 1.807) is 30.5 Å². The van der Waals surface area contributed by atoms with Crippen molar-refractivity contribution in [1.29, 1.82) is 0 Å². The van der Waals surface area contributed by atoms with Crippen molar-refractivity contribution in [3.63, 3.8) is 0 Å². The fraction of sp³-hybridized carbons (Fsp3) is 0.105. The first-order valence-electron chi connectivity index (χ1n) is 8.28. The average molecular weight is 433 g/mol. The highest BCUT2D eigenvalue weighted by atomic mass is 35.5. The molecule has 0 atom stereocenters. The highest BCUT2D eigenvalue weighted by molar-refractivity contribution is 7.22. The third kappa shape index (κ3) is 3.96. The summed E-state index contributed by atoms with van der Waals surface area (Å²) in [5.74, 6) is 0.107. The van der Waals surface area contributed by atoms with Crippen molar-refractivity contribution in [1.82, 2.24) is 14.8 Å². The normalized spacial score (nSPS) is 11.0. The molecule has 4 rings (SSSR count). The Morgan fingerprint density at radius 2 is 2.11 bits per heavy atom. The number of thiazole rings is 1. The van der Waals surface area contributed by atoms with Gasteiger partial charge in [-0.25, -0.2) is 9.67 Å². The van der Waals surface area contributed by atoms with Gasteiger partial charge in [0.05, 0.1) is 15.2 Å². The summed E-state index contributed by atoms with van der Waals surface area (Å²) in [5, 5.41) is 8.28. The van der Waals surface area contributed by atoms with E-state index in [9.17, 15) is 4.79 Å². The molecule has 0 fully saturated rings. The highest BCUT2D eigenvalue weighted by Crippen LogP contribution is 2.31. The summed E-state index contributed by atoms with van der Waals surface area (Å²) in [5.41, 5.74) is 2.26. The number of amides is 1. The maximum atomic E-state index is 12.4. The number of nitrogens with one attached hydrogen (secondary N) is 1. The predicted octanol–water partition coefficient (Wildman–Crippen LogP) is 5.40. The number of fused-ring (bicyclic) bond motifs is 1. The van der Waals surface area contributed by atoms with Crippen molar-refractivity contribution < 1.29 is 9.53 Å². The maximum Gasteiger partial charge on any atom is 0.277 e. The summed E-state index contributed by atoms with van der Waals surface area (Å²) >= 11 is 13.5. The number of benzene rings is 2. The van der Waals surface area contributed by atoms with Crippen LogP contribution in [-0.4, -0.2) is 20.7 Å². The molecule has 0 unspecified atom stereocenters. The van der Waals surface area contributed by atoms with Crippen LogP contribution in [0.2, 0.25) is 10.0 Å². The number of aromatic nitrogens is 3. The van der Waals surface area contributed by atoms with Gasteiger partial charge in [0.1, 0.15) is 10.8 Å². The zero-order chi connectivity index (χ0) is 19.7. The van der Waals surface area contributed by atoms with Gasteiger partial charge in [-0.2, -0.15) is 5.10 Å². The lowest BCUT2D eigenvalue weighted by molar-refractivity contribution is 0.102. The van der Waals surface area contributed by atoms with Gasteiger partial charge >= 0.3 is 0 Å². The molecule has 9 heteroatoms. The van der Waals surface area contributed by atoms with E-state index in [0.29, 0.717) is 20.9 Å². The topological polar surface area (TPSA) is 69.0 Å². The van der Waals surface area contributed by atoms with E-state index in [-0.39, 0.29) is 18.3 Å². The fourth-order valence-corrected chi connectivity index (χ4v) is 3.84. The minimum Gasteiger partial charge on any atom is -0.470 e. The summed E-state index contributed by atoms with van der Waals surface area (Å²) < 4.78 is 8.12. The van der Waals surface area contributed by atoms with Gasteiger partial charge in [-0.3, -0.25) is 10.1 Å². The van der Waals surface area contributed by atoms with Gasteiger partial charge in [0.25, 0.3) is 5.91 Å². The summed E-state index contributed by atoms with van der Waals surface area (Å²) in [7, 11) is 0. The Kier molecular flexibility index (Phi) is 5.21. The number of hydrogen-bond donors (Lipinski definition) is 1. The molecule has 142 valence electrons. The third-order valence-electron chi connectivity index (χ3n) is 3.91. The van der Waals surface area contributed by atoms with Crippen LogP contribution in [0.5, 0.6) is 5.75 Å². The van der Waals surface area contributed by atoms with Crippen molar-refractivity contribution in [2.24, 2.45) is 0 Å². The lowest BCUT2D eigenvalue weighted by atomic mass is 10.2. The quantitative estimate of drug-likeness (QED) is 0.458. The molecule has 0 radical (unpaired) electrons. The van der Waals surface area contributed by atoms with Gasteiger partial charge < -0.3 is 4.74 Å². The molecule has 2 aromatic heterocycles. The van der Waals surface area contributed by atoms with Crippen molar-refractivity contribution in [2.45, 2.75) is 13.7 Å². The van der Waals surface area contributed by atoms with Crippen LogP contribution < -0.4 is 10.1 Å². The summed E-state index contributed by atoms with van der Waals surface area (Å²) in [6.07, 6.45) is 1.65. The second-order valence-corrected chi connectivity index (χ2v) is 7.83. The Morgan fingerprint density at radius 3 is 2.96 bits per heavy atom. The minimum atomic E-state index is -0.338. The van der Waals surface area contributed by atoms with E-state index >= 15 is 0 Å². The van der Waals surface area contributed by atoms with Gasteiger partial charge in [0.2, 0.25) is 0 Å². The van der Waals surface area contributed by atoms with Gasteiger partial charge in [0.15, 0.2) is 17.6 Å². The highest BCUT2D eigenvalue weighted by Gasteiger charge is 2.13. The monoisotopic (exact) mass is 432 g/mol. The summed E-state index contributed by atoms with van der Waals surface area (Å²) in [6.45, 7) is 2.11. The number of ether oxygens (including phenoxy) is 1. The number of hydrogen-bond acceptors (Lipinski definition) is 5. The van der Waals surface area contributed by atoms with Crippen LogP contribution >= 0.6 is 34.5 Å². The number of nitrogens with zero attached hydrogens (tertiary/aromatic N) is 3. The predicted molar refractivity (Wildman–Crippen MR) is 112 cm³/mol. The zero-order valence-electron chi connectivity index (χ0n) is 14.6. The molecule has 0 aliphatic heterocycles. The van der Waals surface area contributed by atoms with Crippen LogP contribution in [0.15, 0.2) is 48.7 Å². The second kappa shape index (κ2) is 7.79. The molecule has 2 heterocycles. The number of halogens is 2. The van der Waals surface area contributed by atoms with E-state index in [1.165, 1.54) is 16.0 Å². The molecular formula is C19H14Cl2N4O2S. The van der Waals surface area contributed by atoms with Crippen LogP contribution in [0.25, 0.3) is 10.2 Å². The molecule has 0 saturated heterocycles. The van der Waals surface area contributed by atoms with Crippen molar-refractivity contribution in [3.05, 3.63) is 70.0 Å². The SMILES string of the molecule is Cc1ccc2nc(NC(=O)c3ccn(COc4cccc(Cl)c4Cl)n3)sc2c1. The van der Waals surface area contributed by atoms with Crippen molar-refractivity contribution in [2.75, 3.05) is 5.32 Å². The zero-order valence-corrected chi connectivity index (χ0v) is 17.0. The molecule has 28 heavy (non-hydrogen) atoms. The first-order chi connectivity index (χ1) is 13.5. The molecule has 0 bridgehead atoms. The first-order valence-corrected chi connectivity index (χ1v) is 9.85. The first kappa shape index (κ1) is 18.7. The summed E-state index contributed by atoms with van der Waals surface area (Å²) in [6, 6.07) is 12.7. The smallest absolute Gasteiger partial charge is 0.277 e. The molecule has 0 aliphatic rings. The Morgan fingerprint density at radius 1 is 1.25 bits per heavy atom. The molecule has 2 aromatic carbocycles. The Labute approximate surface area is 174 Å². The van der Waals surface area contributed by atoms with E-state index in [1.807, 2.05) is 25.1 Å². The standard InChI is InChI=1S/C19H14Cl2N4O2S/c1-11-5-6-13-16(9-11)28-19(22-13)23-18(26)14-7-8-25(24-14)10-27-15-4-2-3-12(20)17(15)21/h2-9H,10H2,1H3,(H,22,23,26). The lowest BCUT2D eigenvalue weighted by Gasteiger charge is -2.08. The van der Waals surface area contributed by atoms with E-state index in [0.717, 1.165) is 15.8 Å². The van der Waals surface area contributed by atoms with Gasteiger partial charge in [-0.15, -0.1) is 0 Å². The molecule has 1 N–H and O–H groups in total. The number of anilines is 1. The number of rotatable bonds is 5. The average Bonchev–Trinajstić information content (AvgIpc) is 3.29. The van der Waals surface area contributed by atoms with Crippen LogP contribution in [0.4, 0.5) is 5.13 Å². The minimum absolute atomic E-state index is 0.0910.